The van der Waals surface area contributed by atoms with Gasteiger partial charge in [0.2, 0.25) is 10.0 Å². The van der Waals surface area contributed by atoms with Gasteiger partial charge in [-0.1, -0.05) is 12.1 Å². The van der Waals surface area contributed by atoms with E-state index in [1.54, 1.807) is 17.6 Å². The first-order valence-corrected chi connectivity index (χ1v) is 8.16. The predicted octanol–water partition coefficient (Wildman–Crippen LogP) is 1.17. The van der Waals surface area contributed by atoms with Gasteiger partial charge in [0.15, 0.2) is 5.76 Å². The average Bonchev–Trinajstić information content (AvgIpc) is 3.04. The number of sulfonamides is 1. The van der Waals surface area contributed by atoms with Crippen LogP contribution in [0.4, 0.5) is 0 Å². The Morgan fingerprint density at radius 3 is 2.76 bits per heavy atom. The fourth-order valence-corrected chi connectivity index (χ4v) is 3.06. The van der Waals surface area contributed by atoms with Gasteiger partial charge in [0.25, 0.3) is 0 Å². The van der Waals surface area contributed by atoms with Crippen LogP contribution in [0.5, 0.6) is 0 Å². The van der Waals surface area contributed by atoms with Crippen LogP contribution < -0.4 is 4.72 Å². The maximum atomic E-state index is 12.2. The monoisotopic (exact) mass is 313 g/mol. The number of aliphatic hydroxyl groups excluding tert-OH is 1. The lowest BCUT2D eigenvalue weighted by Crippen LogP contribution is -2.22. The van der Waals surface area contributed by atoms with E-state index in [9.17, 15) is 13.5 Å². The summed E-state index contributed by atoms with van der Waals surface area (Å²) in [5.41, 5.74) is 1.27. The normalized spacial score (nSPS) is 12.0. The zero-order valence-corrected chi connectivity index (χ0v) is 12.9. The molecular formula is C13H19N3O4S. The van der Waals surface area contributed by atoms with E-state index in [0.29, 0.717) is 23.7 Å². The Bertz CT molecular complexity index is 703. The van der Waals surface area contributed by atoms with Crippen molar-refractivity contribution >= 4 is 10.0 Å². The van der Waals surface area contributed by atoms with Crippen LogP contribution in [0.25, 0.3) is 0 Å². The standard InChI is InChI=1S/C13H19N3O4S/c1-3-4-16-8-13(6-11(16)9-17)21(18,19)14-7-12-5-10(2)15-20-12/h5-6,8,14,17H,3-4,7,9H2,1-2H3. The van der Waals surface area contributed by atoms with Crippen molar-refractivity contribution in [2.24, 2.45) is 0 Å². The molecule has 21 heavy (non-hydrogen) atoms. The smallest absolute Gasteiger partial charge is 0.242 e. The van der Waals surface area contributed by atoms with Gasteiger partial charge in [-0.15, -0.1) is 0 Å². The van der Waals surface area contributed by atoms with Gasteiger partial charge in [-0.25, -0.2) is 13.1 Å². The van der Waals surface area contributed by atoms with E-state index in [0.717, 1.165) is 6.42 Å². The summed E-state index contributed by atoms with van der Waals surface area (Å²) >= 11 is 0. The molecule has 0 saturated carbocycles. The first-order chi connectivity index (χ1) is 9.96. The molecular weight excluding hydrogens is 294 g/mol. The second-order valence-corrected chi connectivity index (χ2v) is 6.54. The second-order valence-electron chi connectivity index (χ2n) is 4.78. The average molecular weight is 313 g/mol. The third-order valence-corrected chi connectivity index (χ3v) is 4.38. The summed E-state index contributed by atoms with van der Waals surface area (Å²) in [5.74, 6) is 0.450. The Hall–Kier alpha value is -1.64. The second kappa shape index (κ2) is 6.42. The molecule has 0 fully saturated rings. The predicted molar refractivity (Wildman–Crippen MR) is 75.9 cm³/mol. The van der Waals surface area contributed by atoms with Gasteiger partial charge in [-0.2, -0.15) is 0 Å². The van der Waals surface area contributed by atoms with E-state index < -0.39 is 10.0 Å². The van der Waals surface area contributed by atoms with Crippen LogP contribution in [0, 0.1) is 6.92 Å². The van der Waals surface area contributed by atoms with E-state index in [1.165, 1.54) is 12.3 Å². The van der Waals surface area contributed by atoms with Gasteiger partial charge >= 0.3 is 0 Å². The van der Waals surface area contributed by atoms with E-state index in [1.807, 2.05) is 6.92 Å². The highest BCUT2D eigenvalue weighted by molar-refractivity contribution is 7.89. The zero-order chi connectivity index (χ0) is 15.5. The Balaban J connectivity index is 2.15. The van der Waals surface area contributed by atoms with Gasteiger partial charge in [-0.05, 0) is 19.4 Å². The van der Waals surface area contributed by atoms with Crippen LogP contribution in [-0.2, 0) is 29.7 Å². The summed E-state index contributed by atoms with van der Waals surface area (Å²) in [6, 6.07) is 3.15. The third-order valence-electron chi connectivity index (χ3n) is 3.01. The molecule has 0 aliphatic heterocycles. The van der Waals surface area contributed by atoms with Gasteiger partial charge in [-0.3, -0.25) is 0 Å². The quantitative estimate of drug-likeness (QED) is 0.799. The fraction of sp³-hybridized carbons (Fsp3) is 0.462. The van der Waals surface area contributed by atoms with Crippen molar-refractivity contribution in [1.82, 2.24) is 14.4 Å². The first kappa shape index (κ1) is 15.7. The summed E-state index contributed by atoms with van der Waals surface area (Å²) in [4.78, 5) is 0.135. The van der Waals surface area contributed by atoms with Crippen molar-refractivity contribution in [2.45, 2.75) is 44.9 Å². The molecule has 0 spiro atoms. The molecule has 0 unspecified atom stereocenters. The molecule has 2 rings (SSSR count). The number of aryl methyl sites for hydroxylation is 2. The molecule has 7 nitrogen and oxygen atoms in total. The first-order valence-electron chi connectivity index (χ1n) is 6.68. The highest BCUT2D eigenvalue weighted by Gasteiger charge is 2.18. The van der Waals surface area contributed by atoms with Crippen LogP contribution in [0.3, 0.4) is 0 Å². The van der Waals surface area contributed by atoms with E-state index in [4.69, 9.17) is 4.52 Å². The molecule has 116 valence electrons. The topological polar surface area (TPSA) is 97.4 Å². The molecule has 2 aromatic rings. The summed E-state index contributed by atoms with van der Waals surface area (Å²) in [7, 11) is -3.65. The van der Waals surface area contributed by atoms with Crippen molar-refractivity contribution in [2.75, 3.05) is 0 Å². The van der Waals surface area contributed by atoms with Crippen LogP contribution in [0.2, 0.25) is 0 Å². The van der Waals surface area contributed by atoms with Crippen molar-refractivity contribution in [1.29, 1.82) is 0 Å². The Morgan fingerprint density at radius 1 is 1.43 bits per heavy atom. The maximum absolute atomic E-state index is 12.2. The Kier molecular flexibility index (Phi) is 4.81. The summed E-state index contributed by atoms with van der Waals surface area (Å²) in [6.07, 6.45) is 2.38. The number of aromatic nitrogens is 2. The molecule has 0 saturated heterocycles. The summed E-state index contributed by atoms with van der Waals surface area (Å²) < 4.78 is 33.6. The molecule has 0 bridgehead atoms. The van der Waals surface area contributed by atoms with E-state index in [2.05, 4.69) is 9.88 Å². The Labute approximate surface area is 123 Å². The molecule has 0 radical (unpaired) electrons. The van der Waals surface area contributed by atoms with E-state index in [-0.39, 0.29) is 18.0 Å². The van der Waals surface area contributed by atoms with Gasteiger partial charge in [0.05, 0.1) is 23.7 Å². The fourth-order valence-electron chi connectivity index (χ4n) is 2.00. The summed E-state index contributed by atoms with van der Waals surface area (Å²) in [5, 5.41) is 13.0. The van der Waals surface area contributed by atoms with Gasteiger partial charge in [0.1, 0.15) is 0 Å². The molecule has 0 atom stereocenters. The minimum absolute atomic E-state index is 0.0383. The maximum Gasteiger partial charge on any atom is 0.242 e. The molecule has 2 heterocycles. The number of nitrogens with zero attached hydrogens (tertiary/aromatic N) is 2. The minimum Gasteiger partial charge on any atom is -0.390 e. The van der Waals surface area contributed by atoms with Gasteiger partial charge in [0, 0.05) is 24.5 Å². The molecule has 0 aliphatic carbocycles. The highest BCUT2D eigenvalue weighted by Crippen LogP contribution is 2.16. The third kappa shape index (κ3) is 3.72. The largest absolute Gasteiger partial charge is 0.390 e. The molecule has 2 aromatic heterocycles. The van der Waals surface area contributed by atoms with Crippen molar-refractivity contribution in [3.63, 3.8) is 0 Å². The zero-order valence-electron chi connectivity index (χ0n) is 12.0. The minimum atomic E-state index is -3.65. The number of nitrogens with one attached hydrogen (secondary N) is 1. The number of hydrogen-bond donors (Lipinski definition) is 2. The van der Waals surface area contributed by atoms with Gasteiger partial charge < -0.3 is 14.2 Å². The molecule has 8 heteroatoms. The lowest BCUT2D eigenvalue weighted by molar-refractivity contribution is 0.270. The SMILES string of the molecule is CCCn1cc(S(=O)(=O)NCc2cc(C)no2)cc1CO. The molecule has 0 aromatic carbocycles. The number of aliphatic hydroxyl groups is 1. The molecule has 0 aliphatic rings. The molecule has 2 N–H and O–H groups in total. The lowest BCUT2D eigenvalue weighted by Gasteiger charge is -2.04. The van der Waals surface area contributed by atoms with Crippen molar-refractivity contribution < 1.29 is 18.0 Å². The highest BCUT2D eigenvalue weighted by atomic mass is 32.2. The summed E-state index contributed by atoms with van der Waals surface area (Å²) in [6.45, 7) is 4.25. The van der Waals surface area contributed by atoms with Crippen LogP contribution >= 0.6 is 0 Å². The van der Waals surface area contributed by atoms with Crippen LogP contribution in [-0.4, -0.2) is 23.2 Å². The Morgan fingerprint density at radius 2 is 2.19 bits per heavy atom. The number of hydrogen-bond acceptors (Lipinski definition) is 5. The van der Waals surface area contributed by atoms with Crippen molar-refractivity contribution in [3.8, 4) is 0 Å². The molecule has 0 amide bonds. The van der Waals surface area contributed by atoms with Crippen molar-refractivity contribution in [3.05, 3.63) is 35.5 Å². The number of rotatable bonds is 7. The lowest BCUT2D eigenvalue weighted by atomic mass is 10.4. The van der Waals surface area contributed by atoms with E-state index >= 15 is 0 Å². The van der Waals surface area contributed by atoms with Crippen LogP contribution in [0.15, 0.2) is 27.7 Å². The van der Waals surface area contributed by atoms with Crippen LogP contribution in [0.1, 0.15) is 30.5 Å².